The molecule has 4 N–H and O–H groups in total. The number of likely N-dealkylation sites (tertiary alicyclic amines) is 1. The highest BCUT2D eigenvalue weighted by atomic mass is 32.2. The maximum atomic E-state index is 14.1. The number of carbonyl (C=O) groups excluding carboxylic acids is 3. The van der Waals surface area contributed by atoms with Crippen LogP contribution in [-0.2, 0) is 30.6 Å². The fourth-order valence-electron chi connectivity index (χ4n) is 7.16. The highest BCUT2D eigenvalue weighted by Gasteiger charge is 2.46. The average molecular weight is 692 g/mol. The lowest BCUT2D eigenvalue weighted by atomic mass is 9.72. The largest absolute Gasteiger partial charge is 0.390 e. The van der Waals surface area contributed by atoms with Crippen molar-refractivity contribution < 1.29 is 32.6 Å². The summed E-state index contributed by atoms with van der Waals surface area (Å²) in [5.74, 6) is 0.113. The first-order valence-corrected chi connectivity index (χ1v) is 19.3. The van der Waals surface area contributed by atoms with Crippen molar-refractivity contribution in [2.75, 3.05) is 45.6 Å². The standard InChI is InChI=1S/C35H57N5O7S/c1-34(2,3)38-31(42)28-21-25-14-10-11-15-26(25)22-40(28)23-29(41)27(20-24-12-8-7-9-13-24)36-32(43)30(35(4,5)48(6,45)46)37-33(44)39-16-18-47-19-17-39/h7-9,12-13,25-30,41H,10-11,14-23H2,1-6H3,(H,36,43)(H,37,44)(H,38,42). The van der Waals surface area contributed by atoms with Crippen LogP contribution in [0.15, 0.2) is 30.3 Å². The van der Waals surface area contributed by atoms with Crippen molar-refractivity contribution in [1.29, 1.82) is 0 Å². The number of benzene rings is 1. The summed E-state index contributed by atoms with van der Waals surface area (Å²) in [5.41, 5.74) is 0.452. The second-order valence-corrected chi connectivity index (χ2v) is 18.1. The van der Waals surface area contributed by atoms with Crippen molar-refractivity contribution in [3.8, 4) is 0 Å². The van der Waals surface area contributed by atoms with Gasteiger partial charge in [-0.1, -0.05) is 49.6 Å². The Bertz CT molecular complexity index is 1360. The smallest absolute Gasteiger partial charge is 0.318 e. The summed E-state index contributed by atoms with van der Waals surface area (Å²) >= 11 is 0. The number of morpholine rings is 1. The number of fused-ring (bicyclic) bond motifs is 1. The van der Waals surface area contributed by atoms with Crippen molar-refractivity contribution >= 4 is 27.7 Å². The highest BCUT2D eigenvalue weighted by molar-refractivity contribution is 7.92. The molecule has 3 fully saturated rings. The molecule has 270 valence electrons. The number of aliphatic hydroxyl groups is 1. The number of β-amino-alcohol motifs (C(OH)–C–C–N with tert-alkyl or cyclic N) is 1. The minimum atomic E-state index is -3.84. The van der Waals surface area contributed by atoms with E-state index in [9.17, 15) is 27.9 Å². The van der Waals surface area contributed by atoms with Gasteiger partial charge in [-0.2, -0.15) is 0 Å². The molecular formula is C35H57N5O7S. The molecule has 3 aliphatic rings. The van der Waals surface area contributed by atoms with Crippen LogP contribution in [0.4, 0.5) is 4.79 Å². The lowest BCUT2D eigenvalue weighted by Crippen LogP contribution is -2.65. The van der Waals surface area contributed by atoms with Gasteiger partial charge in [0.05, 0.1) is 36.1 Å². The fourth-order valence-corrected chi connectivity index (χ4v) is 7.76. The van der Waals surface area contributed by atoms with Crippen molar-refractivity contribution in [3.63, 3.8) is 0 Å². The first-order valence-electron chi connectivity index (χ1n) is 17.4. The molecule has 12 nitrogen and oxygen atoms in total. The van der Waals surface area contributed by atoms with Gasteiger partial charge in [0.25, 0.3) is 0 Å². The number of hydrogen-bond donors (Lipinski definition) is 4. The molecule has 1 aromatic carbocycles. The maximum Gasteiger partial charge on any atom is 0.318 e. The minimum Gasteiger partial charge on any atom is -0.390 e. The van der Waals surface area contributed by atoms with Gasteiger partial charge in [0.15, 0.2) is 9.84 Å². The van der Waals surface area contributed by atoms with E-state index in [1.807, 2.05) is 51.1 Å². The van der Waals surface area contributed by atoms with E-state index in [1.54, 1.807) is 0 Å². The van der Waals surface area contributed by atoms with E-state index in [2.05, 4.69) is 20.9 Å². The van der Waals surface area contributed by atoms with Crippen LogP contribution in [0.1, 0.15) is 72.3 Å². The lowest BCUT2D eigenvalue weighted by molar-refractivity contribution is -0.133. The molecule has 4 amide bonds. The third-order valence-electron chi connectivity index (χ3n) is 10.3. The number of nitrogens with one attached hydrogen (secondary N) is 3. The third-order valence-corrected chi connectivity index (χ3v) is 12.4. The van der Waals surface area contributed by atoms with Crippen LogP contribution in [0.25, 0.3) is 0 Å². The SMILES string of the molecule is CC(C)(C)NC(=O)C1CC2CCCCC2CN1CC(O)C(Cc1ccccc1)NC(=O)C(NC(=O)N1CCOCC1)C(C)(C)S(C)(=O)=O. The highest BCUT2D eigenvalue weighted by Crippen LogP contribution is 2.39. The van der Waals surface area contributed by atoms with E-state index in [1.165, 1.54) is 18.7 Å². The number of nitrogens with zero attached hydrogens (tertiary/aromatic N) is 2. The number of piperidine rings is 1. The molecule has 4 rings (SSSR count). The third kappa shape index (κ3) is 9.92. The maximum absolute atomic E-state index is 14.1. The Morgan fingerprint density at radius 3 is 2.21 bits per heavy atom. The zero-order valence-corrected chi connectivity index (χ0v) is 30.4. The first kappa shape index (κ1) is 38.1. The normalized spacial score (nSPS) is 24.5. The Labute approximate surface area is 286 Å². The van der Waals surface area contributed by atoms with E-state index >= 15 is 0 Å². The van der Waals surface area contributed by atoms with Crippen LogP contribution in [0, 0.1) is 11.8 Å². The number of urea groups is 1. The summed E-state index contributed by atoms with van der Waals surface area (Å²) in [4.78, 5) is 44.6. The van der Waals surface area contributed by atoms with E-state index in [-0.39, 0.29) is 18.9 Å². The van der Waals surface area contributed by atoms with Gasteiger partial charge in [-0.05, 0) is 71.3 Å². The van der Waals surface area contributed by atoms with Crippen molar-refractivity contribution in [2.45, 2.75) is 108 Å². The monoisotopic (exact) mass is 691 g/mol. The molecule has 2 aliphatic heterocycles. The Kier molecular flexibility index (Phi) is 12.6. The number of aliphatic hydroxyl groups excluding tert-OH is 1. The molecule has 0 aromatic heterocycles. The van der Waals surface area contributed by atoms with E-state index in [4.69, 9.17) is 4.74 Å². The van der Waals surface area contributed by atoms with Crippen molar-refractivity contribution in [1.82, 2.24) is 25.8 Å². The van der Waals surface area contributed by atoms with E-state index in [0.29, 0.717) is 51.1 Å². The second-order valence-electron chi connectivity index (χ2n) is 15.5. The number of ether oxygens (including phenoxy) is 1. The predicted molar refractivity (Wildman–Crippen MR) is 185 cm³/mol. The molecule has 2 saturated heterocycles. The molecule has 48 heavy (non-hydrogen) atoms. The zero-order chi connectivity index (χ0) is 35.3. The molecule has 0 bridgehead atoms. The minimum absolute atomic E-state index is 0.0665. The van der Waals surface area contributed by atoms with Crippen molar-refractivity contribution in [3.05, 3.63) is 35.9 Å². The van der Waals surface area contributed by atoms with Gasteiger partial charge < -0.3 is 30.7 Å². The lowest BCUT2D eigenvalue weighted by Gasteiger charge is -2.47. The summed E-state index contributed by atoms with van der Waals surface area (Å²) < 4.78 is 29.6. The topological polar surface area (TPSA) is 157 Å². The number of hydrogen-bond acceptors (Lipinski definition) is 8. The second kappa shape index (κ2) is 15.9. The van der Waals surface area contributed by atoms with Gasteiger partial charge >= 0.3 is 6.03 Å². The molecule has 0 radical (unpaired) electrons. The van der Waals surface area contributed by atoms with Gasteiger partial charge in [0.1, 0.15) is 6.04 Å². The number of sulfone groups is 1. The Hall–Kier alpha value is -2.74. The van der Waals surface area contributed by atoms with Gasteiger partial charge in [-0.25, -0.2) is 13.2 Å². The van der Waals surface area contributed by atoms with Gasteiger partial charge in [0, 0.05) is 38.0 Å². The molecular weight excluding hydrogens is 634 g/mol. The number of rotatable bonds is 11. The molecule has 1 saturated carbocycles. The molecule has 1 aliphatic carbocycles. The van der Waals surface area contributed by atoms with Crippen LogP contribution in [0.3, 0.4) is 0 Å². The van der Waals surface area contributed by atoms with Crippen LogP contribution >= 0.6 is 0 Å². The number of amides is 4. The molecule has 0 spiro atoms. The first-order chi connectivity index (χ1) is 22.5. The molecule has 2 heterocycles. The Morgan fingerprint density at radius 1 is 0.979 bits per heavy atom. The van der Waals surface area contributed by atoms with Crippen LogP contribution in [0.5, 0.6) is 0 Å². The molecule has 1 aromatic rings. The van der Waals surface area contributed by atoms with Crippen LogP contribution in [0.2, 0.25) is 0 Å². The van der Waals surface area contributed by atoms with Crippen molar-refractivity contribution in [2.24, 2.45) is 11.8 Å². The van der Waals surface area contributed by atoms with Gasteiger partial charge in [0.2, 0.25) is 11.8 Å². The number of carbonyl (C=O) groups is 3. The van der Waals surface area contributed by atoms with Gasteiger partial charge in [-0.3, -0.25) is 14.5 Å². The van der Waals surface area contributed by atoms with Crippen LogP contribution in [-0.4, -0.2) is 121 Å². The molecule has 6 unspecified atom stereocenters. The zero-order valence-electron chi connectivity index (χ0n) is 29.5. The summed E-state index contributed by atoms with van der Waals surface area (Å²) in [5, 5.41) is 20.7. The quantitative estimate of drug-likeness (QED) is 0.275. The predicted octanol–water partition coefficient (Wildman–Crippen LogP) is 2.10. The summed E-state index contributed by atoms with van der Waals surface area (Å²) in [6.07, 6.45) is 5.41. The Morgan fingerprint density at radius 2 is 1.60 bits per heavy atom. The summed E-state index contributed by atoms with van der Waals surface area (Å²) in [6, 6.07) is 6.17. The van der Waals surface area contributed by atoms with E-state index in [0.717, 1.165) is 37.5 Å². The summed E-state index contributed by atoms with van der Waals surface area (Å²) in [7, 11) is -3.84. The Balaban J connectivity index is 1.60. The fraction of sp³-hybridized carbons (Fsp3) is 0.743. The van der Waals surface area contributed by atoms with E-state index < -0.39 is 56.3 Å². The average Bonchev–Trinajstić information content (AvgIpc) is 3.02. The molecule has 13 heteroatoms. The molecule has 6 atom stereocenters. The summed E-state index contributed by atoms with van der Waals surface area (Å²) in [6.45, 7) is 10.8. The van der Waals surface area contributed by atoms with Crippen LogP contribution < -0.4 is 16.0 Å². The van der Waals surface area contributed by atoms with Gasteiger partial charge in [-0.15, -0.1) is 0 Å².